The van der Waals surface area contributed by atoms with Gasteiger partial charge >= 0.3 is 0 Å². The lowest BCUT2D eigenvalue weighted by molar-refractivity contribution is 0.831. The number of anilines is 1. The Morgan fingerprint density at radius 2 is 2.36 bits per heavy atom. The molecule has 2 rings (SSSR count). The molecule has 6 heteroatoms. The zero-order valence-corrected chi connectivity index (χ0v) is 8.71. The molecule has 0 unspecified atom stereocenters. The van der Waals surface area contributed by atoms with E-state index >= 15 is 0 Å². The van der Waals surface area contributed by atoms with E-state index in [2.05, 4.69) is 31.8 Å². The van der Waals surface area contributed by atoms with Crippen molar-refractivity contribution >= 4 is 27.7 Å². The van der Waals surface area contributed by atoms with Gasteiger partial charge in [-0.15, -0.1) is 5.10 Å². The molecular weight excluding hydrogens is 198 g/mol. The van der Waals surface area contributed by atoms with Gasteiger partial charge in [-0.1, -0.05) is 17.8 Å². The number of fused-ring (bicyclic) bond motifs is 1. The second kappa shape index (κ2) is 4.28. The molecule has 74 valence electrons. The molecule has 0 spiro atoms. The van der Waals surface area contributed by atoms with Crippen LogP contribution < -0.4 is 5.32 Å². The molecule has 0 amide bonds. The lowest BCUT2D eigenvalue weighted by Crippen LogP contribution is -2.03. The van der Waals surface area contributed by atoms with Crippen molar-refractivity contribution in [1.29, 1.82) is 0 Å². The molecule has 14 heavy (non-hydrogen) atoms. The highest BCUT2D eigenvalue weighted by atomic mass is 32.1. The summed E-state index contributed by atoms with van der Waals surface area (Å²) >= 11 is 1.29. The molecule has 5 nitrogen and oxygen atoms in total. The smallest absolute Gasteiger partial charge is 0.169 e. The van der Waals surface area contributed by atoms with Crippen LogP contribution in [0.15, 0.2) is 6.33 Å². The Bertz CT molecular complexity index is 413. The molecule has 0 saturated carbocycles. The van der Waals surface area contributed by atoms with Crippen LogP contribution in [-0.2, 0) is 0 Å². The zero-order chi connectivity index (χ0) is 9.80. The van der Waals surface area contributed by atoms with Gasteiger partial charge in [0.15, 0.2) is 16.2 Å². The van der Waals surface area contributed by atoms with Gasteiger partial charge < -0.3 is 5.32 Å². The average molecular weight is 209 g/mol. The molecule has 0 aliphatic rings. The maximum absolute atomic E-state index is 4.13. The van der Waals surface area contributed by atoms with Gasteiger partial charge in [0.1, 0.15) is 6.33 Å². The van der Waals surface area contributed by atoms with Gasteiger partial charge in [0.2, 0.25) is 0 Å². The Kier molecular flexibility index (Phi) is 2.83. The first-order valence-electron chi connectivity index (χ1n) is 4.58. The van der Waals surface area contributed by atoms with Gasteiger partial charge in [-0.2, -0.15) is 0 Å². The van der Waals surface area contributed by atoms with Gasteiger partial charge in [0.05, 0.1) is 0 Å². The third kappa shape index (κ3) is 1.79. The van der Waals surface area contributed by atoms with Crippen molar-refractivity contribution in [2.75, 3.05) is 11.9 Å². The third-order valence-corrected chi connectivity index (χ3v) is 2.51. The molecule has 0 atom stereocenters. The second-order valence-electron chi connectivity index (χ2n) is 2.93. The summed E-state index contributed by atoms with van der Waals surface area (Å²) in [7, 11) is 0. The van der Waals surface area contributed by atoms with Crippen molar-refractivity contribution in [3.05, 3.63) is 6.33 Å². The summed E-state index contributed by atoms with van der Waals surface area (Å²) in [4.78, 5) is 9.04. The summed E-state index contributed by atoms with van der Waals surface area (Å²) in [6, 6.07) is 0. The minimum Gasteiger partial charge on any atom is -0.368 e. The molecular formula is C8H11N5S. The van der Waals surface area contributed by atoms with E-state index in [1.54, 1.807) is 0 Å². The zero-order valence-electron chi connectivity index (χ0n) is 7.90. The maximum Gasteiger partial charge on any atom is 0.169 e. The van der Waals surface area contributed by atoms with Crippen LogP contribution in [0, 0.1) is 0 Å². The van der Waals surface area contributed by atoms with Crippen molar-refractivity contribution in [2.45, 2.75) is 19.8 Å². The first-order valence-corrected chi connectivity index (χ1v) is 5.36. The largest absolute Gasteiger partial charge is 0.368 e. The Morgan fingerprint density at radius 3 is 3.21 bits per heavy atom. The predicted molar refractivity (Wildman–Crippen MR) is 56.4 cm³/mol. The van der Waals surface area contributed by atoms with Crippen LogP contribution in [0.5, 0.6) is 0 Å². The number of nitrogens with zero attached hydrogens (tertiary/aromatic N) is 4. The van der Waals surface area contributed by atoms with E-state index in [9.17, 15) is 0 Å². The fourth-order valence-corrected chi connectivity index (χ4v) is 1.65. The number of rotatable bonds is 4. The van der Waals surface area contributed by atoms with Crippen molar-refractivity contribution in [2.24, 2.45) is 0 Å². The molecule has 0 bridgehead atoms. The van der Waals surface area contributed by atoms with E-state index in [4.69, 9.17) is 0 Å². The Hall–Kier alpha value is -1.30. The Labute approximate surface area is 85.8 Å². The average Bonchev–Trinajstić information content (AvgIpc) is 2.67. The fraction of sp³-hybridized carbons (Fsp3) is 0.500. The van der Waals surface area contributed by atoms with E-state index < -0.39 is 0 Å². The van der Waals surface area contributed by atoms with Gasteiger partial charge in [-0.3, -0.25) is 0 Å². The quantitative estimate of drug-likeness (QED) is 0.776. The fourth-order valence-electron chi connectivity index (χ4n) is 1.13. The van der Waals surface area contributed by atoms with Crippen LogP contribution in [0.25, 0.3) is 10.3 Å². The lowest BCUT2D eigenvalue weighted by atomic mass is 10.3. The second-order valence-corrected chi connectivity index (χ2v) is 3.66. The topological polar surface area (TPSA) is 63.6 Å². The first-order chi connectivity index (χ1) is 6.92. The van der Waals surface area contributed by atoms with E-state index in [0.29, 0.717) is 0 Å². The highest BCUT2D eigenvalue weighted by Gasteiger charge is 2.05. The van der Waals surface area contributed by atoms with E-state index in [1.165, 1.54) is 17.9 Å². The Morgan fingerprint density at radius 1 is 1.43 bits per heavy atom. The number of aromatic nitrogens is 4. The predicted octanol–water partition coefficient (Wildman–Crippen LogP) is 1.69. The van der Waals surface area contributed by atoms with Crippen LogP contribution in [0.2, 0.25) is 0 Å². The maximum atomic E-state index is 4.13. The summed E-state index contributed by atoms with van der Waals surface area (Å²) in [6.07, 6.45) is 3.83. The van der Waals surface area contributed by atoms with Gasteiger partial charge in [-0.25, -0.2) is 9.97 Å². The molecule has 0 aliphatic carbocycles. The molecule has 0 fully saturated rings. The van der Waals surface area contributed by atoms with Crippen LogP contribution in [-0.4, -0.2) is 26.1 Å². The standard InChI is InChI=1S/C8H11N5S/c1-2-3-4-9-7-6-8(11-5-10-7)14-13-12-6/h5H,2-4H2,1H3,(H,9,10,11). The normalized spacial score (nSPS) is 10.6. The highest BCUT2D eigenvalue weighted by molar-refractivity contribution is 7.12. The molecule has 0 aromatic carbocycles. The summed E-state index contributed by atoms with van der Waals surface area (Å²) in [5, 5.41) is 7.21. The summed E-state index contributed by atoms with van der Waals surface area (Å²) in [5.74, 6) is 0.789. The monoisotopic (exact) mass is 209 g/mol. The first kappa shape index (κ1) is 9.26. The van der Waals surface area contributed by atoms with E-state index in [1.807, 2.05) is 0 Å². The number of nitrogens with one attached hydrogen (secondary N) is 1. The van der Waals surface area contributed by atoms with Crippen molar-refractivity contribution in [1.82, 2.24) is 19.6 Å². The molecule has 2 aromatic rings. The molecule has 0 aliphatic heterocycles. The van der Waals surface area contributed by atoms with Gasteiger partial charge in [-0.05, 0) is 6.42 Å². The van der Waals surface area contributed by atoms with E-state index in [0.717, 1.165) is 35.6 Å². The van der Waals surface area contributed by atoms with Crippen LogP contribution in [0.1, 0.15) is 19.8 Å². The number of hydrogen-bond donors (Lipinski definition) is 1. The molecule has 0 saturated heterocycles. The number of hydrogen-bond acceptors (Lipinski definition) is 6. The van der Waals surface area contributed by atoms with Crippen molar-refractivity contribution in [3.63, 3.8) is 0 Å². The van der Waals surface area contributed by atoms with Crippen molar-refractivity contribution in [3.8, 4) is 0 Å². The molecule has 0 radical (unpaired) electrons. The van der Waals surface area contributed by atoms with Crippen LogP contribution >= 0.6 is 11.5 Å². The van der Waals surface area contributed by atoms with Crippen LogP contribution in [0.4, 0.5) is 5.82 Å². The minimum atomic E-state index is 0.772. The SMILES string of the molecule is CCCCNc1ncnc2snnc12. The summed E-state index contributed by atoms with van der Waals surface area (Å²) in [6.45, 7) is 3.07. The summed E-state index contributed by atoms with van der Waals surface area (Å²) in [5.41, 5.74) is 0.772. The van der Waals surface area contributed by atoms with Gasteiger partial charge in [0.25, 0.3) is 0 Å². The molecule has 1 N–H and O–H groups in total. The minimum absolute atomic E-state index is 0.772. The lowest BCUT2D eigenvalue weighted by Gasteiger charge is -2.02. The van der Waals surface area contributed by atoms with E-state index in [-0.39, 0.29) is 0 Å². The van der Waals surface area contributed by atoms with Crippen LogP contribution in [0.3, 0.4) is 0 Å². The third-order valence-electron chi connectivity index (χ3n) is 1.88. The molecule has 2 heterocycles. The number of unbranched alkanes of at least 4 members (excludes halogenated alkanes) is 1. The van der Waals surface area contributed by atoms with Gasteiger partial charge in [0, 0.05) is 18.1 Å². The summed E-state index contributed by atoms with van der Waals surface area (Å²) < 4.78 is 3.84. The molecule has 2 aromatic heterocycles. The Balaban J connectivity index is 2.19. The van der Waals surface area contributed by atoms with Crippen molar-refractivity contribution < 1.29 is 0 Å². The highest BCUT2D eigenvalue weighted by Crippen LogP contribution is 2.18.